The zero-order valence-electron chi connectivity index (χ0n) is 9.01. The van der Waals surface area contributed by atoms with Crippen molar-refractivity contribution in [1.82, 2.24) is 0 Å². The van der Waals surface area contributed by atoms with Crippen LogP contribution in [0.2, 0.25) is 0 Å². The van der Waals surface area contributed by atoms with Crippen LogP contribution in [-0.4, -0.2) is 30.0 Å². The van der Waals surface area contributed by atoms with Crippen LogP contribution in [0.5, 0.6) is 0 Å². The van der Waals surface area contributed by atoms with Gasteiger partial charge in [-0.25, -0.2) is 8.42 Å². The lowest BCUT2D eigenvalue weighted by atomic mass is 10.3. The number of nitro benzene ring substituents is 2. The highest BCUT2D eigenvalue weighted by molar-refractivity contribution is 7.92. The largest absolute Gasteiger partial charge is 0.549 e. The highest BCUT2D eigenvalue weighted by atomic mass is 32.2. The fourth-order valence-electron chi connectivity index (χ4n) is 1.26. The maximum absolute atomic E-state index is 11.6. The first-order chi connectivity index (χ1) is 8.65. The molecule has 0 heterocycles. The molecule has 0 amide bonds. The molecule has 1 aromatic carbocycles. The minimum absolute atomic E-state index is 0.447. The van der Waals surface area contributed by atoms with Crippen LogP contribution >= 0.6 is 0 Å². The number of benzene rings is 1. The number of non-ortho nitro benzene ring substituents is 1. The smallest absolute Gasteiger partial charge is 0.294 e. The average Bonchev–Trinajstić information content (AvgIpc) is 2.26. The van der Waals surface area contributed by atoms with Crippen molar-refractivity contribution >= 4 is 27.2 Å². The summed E-state index contributed by atoms with van der Waals surface area (Å²) in [6.45, 7) is 0. The molecule has 1 rings (SSSR count). The Morgan fingerprint density at radius 1 is 1.16 bits per heavy atom. The quantitative estimate of drug-likeness (QED) is 0.493. The molecule has 10 nitrogen and oxygen atoms in total. The van der Waals surface area contributed by atoms with Gasteiger partial charge in [0.2, 0.25) is 0 Å². The molecule has 1 aromatic rings. The predicted octanol–water partition coefficient (Wildman–Crippen LogP) is -0.973. The molecule has 0 radical (unpaired) electrons. The van der Waals surface area contributed by atoms with Crippen molar-refractivity contribution in [2.75, 3.05) is 5.75 Å². The van der Waals surface area contributed by atoms with Gasteiger partial charge in [-0.05, 0) is 6.07 Å². The Morgan fingerprint density at radius 3 is 2.16 bits per heavy atom. The van der Waals surface area contributed by atoms with Gasteiger partial charge >= 0.3 is 0 Å². The van der Waals surface area contributed by atoms with Gasteiger partial charge in [0, 0.05) is 6.07 Å². The second kappa shape index (κ2) is 4.97. The number of sulfone groups is 1. The minimum atomic E-state index is -4.50. The van der Waals surface area contributed by atoms with Crippen molar-refractivity contribution in [3.8, 4) is 0 Å². The molecule has 0 aliphatic carbocycles. The Morgan fingerprint density at radius 2 is 1.74 bits per heavy atom. The normalized spacial score (nSPS) is 10.9. The van der Waals surface area contributed by atoms with Crippen molar-refractivity contribution in [3.63, 3.8) is 0 Å². The first kappa shape index (κ1) is 14.5. The second-order valence-corrected chi connectivity index (χ2v) is 5.26. The summed E-state index contributed by atoms with van der Waals surface area (Å²) in [6.07, 6.45) is 0. The first-order valence-electron chi connectivity index (χ1n) is 4.50. The van der Waals surface area contributed by atoms with Gasteiger partial charge in [0.05, 0.1) is 27.6 Å². The Labute approximate surface area is 105 Å². The Kier molecular flexibility index (Phi) is 3.80. The molecule has 0 saturated heterocycles. The van der Waals surface area contributed by atoms with Crippen LogP contribution in [0.25, 0.3) is 0 Å². The van der Waals surface area contributed by atoms with Crippen LogP contribution in [0.3, 0.4) is 0 Å². The fraction of sp³-hybridized carbons (Fsp3) is 0.125. The molecule has 0 atom stereocenters. The van der Waals surface area contributed by atoms with Crippen LogP contribution in [0.4, 0.5) is 11.4 Å². The molecule has 0 unspecified atom stereocenters. The number of nitrogens with zero attached hydrogens (tertiary/aromatic N) is 2. The zero-order valence-corrected chi connectivity index (χ0v) is 9.82. The molecule has 0 bridgehead atoms. The van der Waals surface area contributed by atoms with E-state index in [4.69, 9.17) is 0 Å². The third-order valence-corrected chi connectivity index (χ3v) is 3.62. The lowest BCUT2D eigenvalue weighted by Gasteiger charge is -2.05. The summed E-state index contributed by atoms with van der Waals surface area (Å²) in [5.41, 5.74) is -1.74. The number of aliphatic carboxylic acids is 1. The molecule has 0 aromatic heterocycles. The van der Waals surface area contributed by atoms with E-state index in [0.29, 0.717) is 12.1 Å². The third-order valence-electron chi connectivity index (χ3n) is 1.99. The number of carboxylic acid groups (broad SMARTS) is 1. The van der Waals surface area contributed by atoms with E-state index in [9.17, 15) is 38.5 Å². The number of carbonyl (C=O) groups is 1. The summed E-state index contributed by atoms with van der Waals surface area (Å²) in [5, 5.41) is 31.4. The summed E-state index contributed by atoms with van der Waals surface area (Å²) in [4.78, 5) is 28.4. The molecule has 0 saturated carbocycles. The Hall–Kier alpha value is -2.56. The number of nitro groups is 2. The maximum Gasteiger partial charge on any atom is 0.294 e. The average molecular weight is 289 g/mol. The summed E-state index contributed by atoms with van der Waals surface area (Å²) >= 11 is 0. The van der Waals surface area contributed by atoms with Crippen LogP contribution < -0.4 is 5.11 Å². The molecule has 0 aliphatic heterocycles. The van der Waals surface area contributed by atoms with Gasteiger partial charge in [-0.15, -0.1) is 0 Å². The fourth-order valence-corrected chi connectivity index (χ4v) is 2.45. The van der Waals surface area contributed by atoms with Crippen LogP contribution in [0.1, 0.15) is 0 Å². The number of carboxylic acids is 1. The predicted molar refractivity (Wildman–Crippen MR) is 56.8 cm³/mol. The number of carbonyl (C=O) groups excluding carboxylic acids is 1. The van der Waals surface area contributed by atoms with Gasteiger partial charge in [0.25, 0.3) is 11.4 Å². The summed E-state index contributed by atoms with van der Waals surface area (Å²) in [7, 11) is -4.50. The number of hydrogen-bond acceptors (Lipinski definition) is 8. The van der Waals surface area contributed by atoms with Crippen molar-refractivity contribution in [1.29, 1.82) is 0 Å². The molecule has 19 heavy (non-hydrogen) atoms. The molecule has 0 aliphatic rings. The minimum Gasteiger partial charge on any atom is -0.549 e. The van der Waals surface area contributed by atoms with Crippen molar-refractivity contribution in [2.24, 2.45) is 0 Å². The van der Waals surface area contributed by atoms with Crippen LogP contribution in [-0.2, 0) is 14.6 Å². The van der Waals surface area contributed by atoms with E-state index >= 15 is 0 Å². The van der Waals surface area contributed by atoms with Gasteiger partial charge in [0.15, 0.2) is 9.84 Å². The molecular weight excluding hydrogens is 284 g/mol. The molecule has 0 fully saturated rings. The van der Waals surface area contributed by atoms with Crippen LogP contribution in [0, 0.1) is 20.2 Å². The van der Waals surface area contributed by atoms with Gasteiger partial charge in [-0.2, -0.15) is 0 Å². The van der Waals surface area contributed by atoms with Crippen molar-refractivity contribution in [2.45, 2.75) is 4.90 Å². The van der Waals surface area contributed by atoms with E-state index in [1.807, 2.05) is 0 Å². The van der Waals surface area contributed by atoms with E-state index < -0.39 is 47.7 Å². The topological polar surface area (TPSA) is 161 Å². The Balaban J connectivity index is 3.48. The highest BCUT2D eigenvalue weighted by Gasteiger charge is 2.28. The van der Waals surface area contributed by atoms with Gasteiger partial charge in [0.1, 0.15) is 4.90 Å². The van der Waals surface area contributed by atoms with E-state index in [1.54, 1.807) is 0 Å². The summed E-state index contributed by atoms with van der Waals surface area (Å²) < 4.78 is 23.1. The van der Waals surface area contributed by atoms with Crippen molar-refractivity contribution in [3.05, 3.63) is 38.4 Å². The van der Waals surface area contributed by atoms with Crippen molar-refractivity contribution < 1.29 is 28.2 Å². The lowest BCUT2D eigenvalue weighted by molar-refractivity contribution is -0.396. The number of rotatable bonds is 5. The van der Waals surface area contributed by atoms with E-state index in [2.05, 4.69) is 0 Å². The molecule has 0 spiro atoms. The lowest BCUT2D eigenvalue weighted by Crippen LogP contribution is -2.30. The number of hydrogen-bond donors (Lipinski definition) is 0. The Bertz CT molecular complexity index is 665. The van der Waals surface area contributed by atoms with Gasteiger partial charge in [-0.1, -0.05) is 0 Å². The third kappa shape index (κ3) is 3.22. The molecule has 102 valence electrons. The van der Waals surface area contributed by atoms with E-state index in [1.165, 1.54) is 0 Å². The first-order valence-corrected chi connectivity index (χ1v) is 6.16. The molecular formula is C8H5N2O8S-. The van der Waals surface area contributed by atoms with Gasteiger partial charge < -0.3 is 9.90 Å². The highest BCUT2D eigenvalue weighted by Crippen LogP contribution is 2.28. The molecule has 11 heteroatoms. The summed E-state index contributed by atoms with van der Waals surface area (Å²) in [5.74, 6) is -3.39. The van der Waals surface area contributed by atoms with Gasteiger partial charge in [-0.3, -0.25) is 20.2 Å². The monoisotopic (exact) mass is 289 g/mol. The van der Waals surface area contributed by atoms with E-state index in [-0.39, 0.29) is 0 Å². The standard InChI is InChI=1S/C8H6N2O8S/c11-8(12)4-19(17,18)7-2-1-5(9(13)14)3-6(7)10(15)16/h1-3H,4H2,(H,11,12)/p-1. The molecule has 0 N–H and O–H groups in total. The maximum atomic E-state index is 11.6. The second-order valence-electron chi connectivity index (χ2n) is 3.30. The zero-order chi connectivity index (χ0) is 14.8. The SMILES string of the molecule is O=C([O-])CS(=O)(=O)c1ccc([N+](=O)[O-])cc1[N+](=O)[O-]. The summed E-state index contributed by atoms with van der Waals surface area (Å²) in [6, 6.07) is 1.80. The van der Waals surface area contributed by atoms with E-state index in [0.717, 1.165) is 6.07 Å². The van der Waals surface area contributed by atoms with Crippen LogP contribution in [0.15, 0.2) is 23.1 Å².